The molecule has 0 aromatic heterocycles. The highest BCUT2D eigenvalue weighted by molar-refractivity contribution is 6.30. The molecule has 2 aromatic rings. The highest BCUT2D eigenvalue weighted by atomic mass is 35.5. The molecular formula is C37H49ClFN5O3. The molecule has 1 aliphatic rings. The molecule has 0 aliphatic carbocycles. The molecule has 3 unspecified atom stereocenters. The van der Waals surface area contributed by atoms with Crippen molar-refractivity contribution in [1.29, 1.82) is 0 Å². The monoisotopic (exact) mass is 665 g/mol. The third-order valence-electron chi connectivity index (χ3n) is 8.96. The van der Waals surface area contributed by atoms with Crippen LogP contribution >= 0.6 is 11.6 Å². The van der Waals surface area contributed by atoms with Gasteiger partial charge in [-0.05, 0) is 69.5 Å². The summed E-state index contributed by atoms with van der Waals surface area (Å²) in [5, 5.41) is 3.52. The second kappa shape index (κ2) is 17.4. The summed E-state index contributed by atoms with van der Waals surface area (Å²) in [4.78, 5) is 46.7. The minimum Gasteiger partial charge on any atom is -0.344 e. The van der Waals surface area contributed by atoms with E-state index < -0.39 is 23.4 Å². The van der Waals surface area contributed by atoms with Gasteiger partial charge in [0.1, 0.15) is 17.4 Å². The van der Waals surface area contributed by atoms with Crippen molar-refractivity contribution in [2.24, 2.45) is 5.73 Å². The molecule has 0 radical (unpaired) electrons. The Balaban J connectivity index is 1.85. The number of likely N-dealkylation sites (N-methyl/N-ethyl adjacent to an activating group) is 1. The van der Waals surface area contributed by atoms with Gasteiger partial charge in [0, 0.05) is 68.7 Å². The molecular weight excluding hydrogens is 617 g/mol. The van der Waals surface area contributed by atoms with Crippen molar-refractivity contribution >= 4 is 29.3 Å². The number of rotatable bonds is 14. The van der Waals surface area contributed by atoms with Crippen molar-refractivity contribution < 1.29 is 18.8 Å². The summed E-state index contributed by atoms with van der Waals surface area (Å²) in [5.74, 6) is -1.36. The van der Waals surface area contributed by atoms with Crippen molar-refractivity contribution in [1.82, 2.24) is 20.0 Å². The van der Waals surface area contributed by atoms with Crippen LogP contribution in [0.2, 0.25) is 5.02 Å². The molecule has 1 fully saturated rings. The molecule has 3 rings (SSSR count). The molecule has 2 aromatic carbocycles. The first-order valence-corrected chi connectivity index (χ1v) is 16.6. The highest BCUT2D eigenvalue weighted by Gasteiger charge is 2.46. The van der Waals surface area contributed by atoms with Gasteiger partial charge in [0.25, 0.3) is 0 Å². The summed E-state index contributed by atoms with van der Waals surface area (Å²) in [6, 6.07) is 13.4. The minimum absolute atomic E-state index is 0.0176. The van der Waals surface area contributed by atoms with Crippen LogP contribution in [0.15, 0.2) is 84.7 Å². The van der Waals surface area contributed by atoms with Crippen LogP contribution in [0.1, 0.15) is 56.8 Å². The molecule has 47 heavy (non-hydrogen) atoms. The lowest BCUT2D eigenvalue weighted by Crippen LogP contribution is -2.64. The first-order chi connectivity index (χ1) is 22.4. The summed E-state index contributed by atoms with van der Waals surface area (Å²) < 4.78 is 15.3. The topological polar surface area (TPSA) is 99.0 Å². The summed E-state index contributed by atoms with van der Waals surface area (Å²) in [5.41, 5.74) is 8.02. The zero-order chi connectivity index (χ0) is 34.7. The third-order valence-corrected chi connectivity index (χ3v) is 9.22. The Hall–Kier alpha value is -3.79. The standard InChI is InChI=1S/C37H49ClFN5O3/c1-7-13-30(31(39)8-2)37(6,36(47)42(9-3)10-4)44-22-20-43(21-23-44)35(46)33(24-27-16-18-28(38)19-17-27)41-34(45)25-32(40)29-15-12-11-14-26(29)5/h7-8,11-19,32-33H,2,9-10,20-25,40H2,1,3-6H3,(H,41,45)/b13-7-,31-30-. The maximum Gasteiger partial charge on any atom is 0.247 e. The van der Waals surface area contributed by atoms with Gasteiger partial charge >= 0.3 is 0 Å². The molecule has 0 saturated carbocycles. The van der Waals surface area contributed by atoms with E-state index >= 15 is 4.39 Å². The van der Waals surface area contributed by atoms with E-state index in [-0.39, 0.29) is 49.2 Å². The Kier molecular flexibility index (Phi) is 13.9. The van der Waals surface area contributed by atoms with Crippen molar-refractivity contribution in [2.75, 3.05) is 39.3 Å². The second-order valence-electron chi connectivity index (χ2n) is 11.9. The van der Waals surface area contributed by atoms with E-state index in [1.54, 1.807) is 47.9 Å². The number of halogens is 2. The van der Waals surface area contributed by atoms with Crippen LogP contribution in [0.25, 0.3) is 0 Å². The maximum atomic E-state index is 15.3. The molecule has 8 nitrogen and oxygen atoms in total. The number of benzene rings is 2. The number of allylic oxidation sites excluding steroid dienone is 3. The fourth-order valence-electron chi connectivity index (χ4n) is 6.21. The number of hydrogen-bond donors (Lipinski definition) is 2. The van der Waals surface area contributed by atoms with Crippen LogP contribution in [-0.4, -0.2) is 83.3 Å². The highest BCUT2D eigenvalue weighted by Crippen LogP contribution is 2.33. The SMILES string of the molecule is C=C/C(F)=C(\C=C/C)C(C)(C(=O)N(CC)CC)N1CCN(C(=O)C(Cc2ccc(Cl)cc2)NC(=O)CC(N)c2ccccc2C)CC1. The van der Waals surface area contributed by atoms with E-state index in [0.29, 0.717) is 31.2 Å². The van der Waals surface area contributed by atoms with Gasteiger partial charge in [-0.1, -0.05) is 66.7 Å². The molecule has 0 spiro atoms. The summed E-state index contributed by atoms with van der Waals surface area (Å²) in [6.45, 7) is 15.0. The van der Waals surface area contributed by atoms with Crippen LogP contribution < -0.4 is 11.1 Å². The van der Waals surface area contributed by atoms with E-state index in [0.717, 1.165) is 22.8 Å². The lowest BCUT2D eigenvalue weighted by Gasteiger charge is -2.47. The number of nitrogens with one attached hydrogen (secondary N) is 1. The number of piperazine rings is 1. The van der Waals surface area contributed by atoms with Gasteiger partial charge in [-0.25, -0.2) is 4.39 Å². The number of carbonyl (C=O) groups is 3. The molecule has 1 aliphatic heterocycles. The number of nitrogens with zero attached hydrogens (tertiary/aromatic N) is 3. The molecule has 0 bridgehead atoms. The van der Waals surface area contributed by atoms with Gasteiger partial charge in [0.2, 0.25) is 17.7 Å². The fraction of sp³-hybridized carbons (Fsp3) is 0.432. The van der Waals surface area contributed by atoms with E-state index in [9.17, 15) is 14.4 Å². The number of amides is 3. The average Bonchev–Trinajstić information content (AvgIpc) is 3.07. The number of aryl methyl sites for hydroxylation is 1. The number of carbonyl (C=O) groups excluding carboxylic acids is 3. The predicted molar refractivity (Wildman–Crippen MR) is 187 cm³/mol. The Morgan fingerprint density at radius 2 is 1.70 bits per heavy atom. The quantitative estimate of drug-likeness (QED) is 0.259. The van der Waals surface area contributed by atoms with Gasteiger partial charge in [-0.2, -0.15) is 0 Å². The van der Waals surface area contributed by atoms with Crippen molar-refractivity contribution in [3.63, 3.8) is 0 Å². The Morgan fingerprint density at radius 1 is 1.09 bits per heavy atom. The third kappa shape index (κ3) is 9.18. The second-order valence-corrected chi connectivity index (χ2v) is 12.4. The van der Waals surface area contributed by atoms with E-state index in [4.69, 9.17) is 17.3 Å². The zero-order valence-corrected chi connectivity index (χ0v) is 29.0. The van der Waals surface area contributed by atoms with Crippen LogP contribution in [0.5, 0.6) is 0 Å². The first kappa shape index (κ1) is 37.7. The van der Waals surface area contributed by atoms with Gasteiger partial charge < -0.3 is 20.9 Å². The van der Waals surface area contributed by atoms with Gasteiger partial charge in [0.05, 0.1) is 0 Å². The first-order valence-electron chi connectivity index (χ1n) is 16.2. The smallest absolute Gasteiger partial charge is 0.247 e. The molecule has 3 amide bonds. The van der Waals surface area contributed by atoms with E-state index in [1.807, 2.05) is 62.1 Å². The lowest BCUT2D eigenvalue weighted by molar-refractivity contribution is -0.144. The van der Waals surface area contributed by atoms with Crippen LogP contribution in [0, 0.1) is 6.92 Å². The lowest BCUT2D eigenvalue weighted by atomic mass is 9.85. The van der Waals surface area contributed by atoms with Crippen LogP contribution in [0.4, 0.5) is 4.39 Å². The van der Waals surface area contributed by atoms with Gasteiger partial charge in [0.15, 0.2) is 0 Å². The number of hydrogen-bond acceptors (Lipinski definition) is 5. The summed E-state index contributed by atoms with van der Waals surface area (Å²) in [7, 11) is 0. The predicted octanol–water partition coefficient (Wildman–Crippen LogP) is 5.52. The Bertz CT molecular complexity index is 1460. The van der Waals surface area contributed by atoms with Crippen molar-refractivity contribution in [3.8, 4) is 0 Å². The maximum absolute atomic E-state index is 15.3. The molecule has 254 valence electrons. The molecule has 1 saturated heterocycles. The Morgan fingerprint density at radius 3 is 2.26 bits per heavy atom. The fourth-order valence-corrected chi connectivity index (χ4v) is 6.33. The summed E-state index contributed by atoms with van der Waals surface area (Å²) >= 11 is 6.10. The van der Waals surface area contributed by atoms with Gasteiger partial charge in [-0.3, -0.25) is 19.3 Å². The molecule has 3 atom stereocenters. The minimum atomic E-state index is -1.32. The normalized spacial score (nSPS) is 17.0. The van der Waals surface area contributed by atoms with Crippen LogP contribution in [-0.2, 0) is 20.8 Å². The number of nitrogens with two attached hydrogens (primary N) is 1. The molecule has 3 N–H and O–H groups in total. The Labute approximate surface area is 284 Å². The largest absolute Gasteiger partial charge is 0.344 e. The molecule has 10 heteroatoms. The van der Waals surface area contributed by atoms with E-state index in [2.05, 4.69) is 11.9 Å². The average molecular weight is 666 g/mol. The summed E-state index contributed by atoms with van der Waals surface area (Å²) in [6.07, 6.45) is 4.73. The van der Waals surface area contributed by atoms with Crippen molar-refractivity contribution in [2.45, 2.75) is 65.1 Å². The van der Waals surface area contributed by atoms with Crippen molar-refractivity contribution in [3.05, 3.63) is 106 Å². The molecule has 1 heterocycles. The van der Waals surface area contributed by atoms with Gasteiger partial charge in [-0.15, -0.1) is 0 Å². The zero-order valence-electron chi connectivity index (χ0n) is 28.3. The van der Waals surface area contributed by atoms with Crippen LogP contribution in [0.3, 0.4) is 0 Å². The van der Waals surface area contributed by atoms with E-state index in [1.165, 1.54) is 0 Å².